The van der Waals surface area contributed by atoms with E-state index in [1.165, 1.54) is 0 Å². The molecule has 142 valence electrons. The Hall–Kier alpha value is -2.61. The van der Waals surface area contributed by atoms with Gasteiger partial charge in [-0.25, -0.2) is 4.68 Å². The summed E-state index contributed by atoms with van der Waals surface area (Å²) in [6.07, 6.45) is 3.76. The number of phenolic OH excluding ortho intramolecular Hbond substituents is 1. The van der Waals surface area contributed by atoms with Crippen molar-refractivity contribution in [3.05, 3.63) is 29.5 Å². The van der Waals surface area contributed by atoms with Crippen molar-refractivity contribution in [1.82, 2.24) is 19.7 Å². The molecular weight excluding hydrogens is 362 g/mol. The van der Waals surface area contributed by atoms with Crippen LogP contribution in [0.1, 0.15) is 30.9 Å². The number of benzene rings is 1. The van der Waals surface area contributed by atoms with Crippen molar-refractivity contribution in [2.45, 2.75) is 39.7 Å². The molecule has 2 aromatic heterocycles. The van der Waals surface area contributed by atoms with E-state index in [-0.39, 0.29) is 11.7 Å². The highest BCUT2D eigenvalue weighted by Gasteiger charge is 2.22. The number of aromatic nitrogens is 3. The van der Waals surface area contributed by atoms with E-state index in [2.05, 4.69) is 15.4 Å². The number of thiazole rings is 1. The first-order valence-electron chi connectivity index (χ1n) is 9.09. The van der Waals surface area contributed by atoms with Crippen molar-refractivity contribution in [3.8, 4) is 11.4 Å². The summed E-state index contributed by atoms with van der Waals surface area (Å²) in [5, 5.41) is 19.2. The predicted molar refractivity (Wildman–Crippen MR) is 107 cm³/mol. The average Bonchev–Trinajstić information content (AvgIpc) is 3.12. The number of fused-ring (bicyclic) bond motifs is 1. The fourth-order valence-corrected chi connectivity index (χ4v) is 4.54. The van der Waals surface area contributed by atoms with Gasteiger partial charge in [0.25, 0.3) is 0 Å². The Morgan fingerprint density at radius 3 is 2.67 bits per heavy atom. The molecule has 1 aliphatic heterocycles. The minimum atomic E-state index is 0.143. The zero-order valence-electron chi connectivity index (χ0n) is 15.7. The van der Waals surface area contributed by atoms with Crippen LogP contribution in [0.5, 0.6) is 5.75 Å². The normalized spacial score (nSPS) is 15.4. The number of aryl methyl sites for hydroxylation is 2. The summed E-state index contributed by atoms with van der Waals surface area (Å²) in [5.41, 5.74) is 3.35. The van der Waals surface area contributed by atoms with Gasteiger partial charge in [-0.05, 0) is 43.9 Å². The molecule has 4 rings (SSSR count). The molecule has 0 radical (unpaired) electrons. The zero-order valence-corrected chi connectivity index (χ0v) is 16.5. The van der Waals surface area contributed by atoms with E-state index >= 15 is 0 Å². The topological polar surface area (TPSA) is 83.3 Å². The van der Waals surface area contributed by atoms with E-state index in [1.807, 2.05) is 31.0 Å². The Labute approximate surface area is 161 Å². The molecule has 3 aromatic rings. The fourth-order valence-electron chi connectivity index (χ4n) is 3.65. The number of hydrogen-bond acceptors (Lipinski definition) is 6. The lowest BCUT2D eigenvalue weighted by molar-refractivity contribution is -0.129. The third-order valence-electron chi connectivity index (χ3n) is 5.00. The van der Waals surface area contributed by atoms with Gasteiger partial charge in [-0.3, -0.25) is 4.79 Å². The molecule has 0 atom stereocenters. The number of carbonyl (C=O) groups excluding carboxylic acids is 1. The number of piperidine rings is 1. The minimum Gasteiger partial charge on any atom is -0.506 e. The van der Waals surface area contributed by atoms with Crippen LogP contribution in [-0.4, -0.2) is 49.8 Å². The number of amides is 1. The van der Waals surface area contributed by atoms with Gasteiger partial charge in [-0.1, -0.05) is 17.4 Å². The lowest BCUT2D eigenvalue weighted by Crippen LogP contribution is -2.41. The lowest BCUT2D eigenvalue weighted by atomic mass is 10.1. The maximum absolute atomic E-state index is 11.4. The molecule has 0 saturated carbocycles. The first-order valence-corrected chi connectivity index (χ1v) is 9.91. The van der Waals surface area contributed by atoms with Crippen LogP contribution in [0.4, 0.5) is 5.13 Å². The molecule has 1 fully saturated rings. The monoisotopic (exact) mass is 385 g/mol. The van der Waals surface area contributed by atoms with Gasteiger partial charge in [0.05, 0.1) is 10.9 Å². The number of rotatable bonds is 3. The van der Waals surface area contributed by atoms with Crippen LogP contribution in [0.2, 0.25) is 0 Å². The van der Waals surface area contributed by atoms with Crippen LogP contribution in [0.3, 0.4) is 0 Å². The standard InChI is InChI=1S/C19H23N5O2S/c1-11-8-12(2)17(15(26)9-11)24-10-16-18(22-24)21-19(27-16)20-14-4-6-23(7-5-14)13(3)25/h8-10,14,26H,4-7H2,1-3H3,(H,20,21,22). The summed E-state index contributed by atoms with van der Waals surface area (Å²) >= 11 is 1.56. The minimum absolute atomic E-state index is 0.143. The first-order chi connectivity index (χ1) is 12.9. The largest absolute Gasteiger partial charge is 0.506 e. The van der Waals surface area contributed by atoms with Gasteiger partial charge >= 0.3 is 0 Å². The van der Waals surface area contributed by atoms with Gasteiger partial charge in [0.1, 0.15) is 11.4 Å². The summed E-state index contributed by atoms with van der Waals surface area (Å²) in [7, 11) is 0. The summed E-state index contributed by atoms with van der Waals surface area (Å²) < 4.78 is 2.67. The molecule has 8 heteroatoms. The van der Waals surface area contributed by atoms with Crippen LogP contribution < -0.4 is 5.32 Å². The van der Waals surface area contributed by atoms with Crippen LogP contribution in [0.25, 0.3) is 16.0 Å². The number of nitrogens with one attached hydrogen (secondary N) is 1. The van der Waals surface area contributed by atoms with Crippen molar-refractivity contribution in [1.29, 1.82) is 0 Å². The highest BCUT2D eigenvalue weighted by atomic mass is 32.1. The van der Waals surface area contributed by atoms with E-state index < -0.39 is 0 Å². The van der Waals surface area contributed by atoms with Crippen molar-refractivity contribution >= 4 is 32.7 Å². The third-order valence-corrected chi connectivity index (χ3v) is 5.91. The molecule has 3 heterocycles. The molecule has 1 aromatic carbocycles. The number of aromatic hydroxyl groups is 1. The number of carbonyl (C=O) groups is 1. The summed E-state index contributed by atoms with van der Waals surface area (Å²) in [6.45, 7) is 7.11. The lowest BCUT2D eigenvalue weighted by Gasteiger charge is -2.31. The molecule has 0 spiro atoms. The quantitative estimate of drug-likeness (QED) is 0.723. The van der Waals surface area contributed by atoms with Crippen molar-refractivity contribution in [3.63, 3.8) is 0 Å². The summed E-state index contributed by atoms with van der Waals surface area (Å²) in [6, 6.07) is 4.09. The van der Waals surface area contributed by atoms with Crippen molar-refractivity contribution < 1.29 is 9.90 Å². The van der Waals surface area contributed by atoms with Crippen molar-refractivity contribution in [2.75, 3.05) is 18.4 Å². The second-order valence-electron chi connectivity index (χ2n) is 7.15. The number of phenols is 1. The van der Waals surface area contributed by atoms with Crippen LogP contribution in [-0.2, 0) is 4.79 Å². The van der Waals surface area contributed by atoms with Gasteiger partial charge in [-0.2, -0.15) is 4.98 Å². The zero-order chi connectivity index (χ0) is 19.1. The SMILES string of the molecule is CC(=O)N1CCC(Nc2nc3nn(-c4c(C)cc(C)cc4O)cc3s2)CC1. The Morgan fingerprint density at radius 2 is 2.04 bits per heavy atom. The third kappa shape index (κ3) is 3.49. The molecule has 0 bridgehead atoms. The number of likely N-dealkylation sites (tertiary alicyclic amines) is 1. The summed E-state index contributed by atoms with van der Waals surface area (Å²) in [5.74, 6) is 0.364. The second-order valence-corrected chi connectivity index (χ2v) is 8.19. The van der Waals surface area contributed by atoms with Crippen LogP contribution in [0, 0.1) is 13.8 Å². The molecule has 2 N–H and O–H groups in total. The Balaban J connectivity index is 1.51. The van der Waals surface area contributed by atoms with E-state index in [0.717, 1.165) is 46.9 Å². The smallest absolute Gasteiger partial charge is 0.219 e. The average molecular weight is 385 g/mol. The Morgan fingerprint density at radius 1 is 1.30 bits per heavy atom. The van der Waals surface area contributed by atoms with E-state index in [4.69, 9.17) is 0 Å². The molecular formula is C19H23N5O2S. The maximum Gasteiger partial charge on any atom is 0.219 e. The molecule has 1 saturated heterocycles. The van der Waals surface area contributed by atoms with Gasteiger partial charge in [0, 0.05) is 26.1 Å². The van der Waals surface area contributed by atoms with Crippen LogP contribution >= 0.6 is 11.3 Å². The van der Waals surface area contributed by atoms with E-state index in [9.17, 15) is 9.90 Å². The fraction of sp³-hybridized carbons (Fsp3) is 0.421. The Kier molecular flexibility index (Phi) is 4.51. The van der Waals surface area contributed by atoms with Crippen LogP contribution in [0.15, 0.2) is 18.3 Å². The molecule has 1 aliphatic rings. The van der Waals surface area contributed by atoms with Gasteiger partial charge in [-0.15, -0.1) is 5.10 Å². The van der Waals surface area contributed by atoms with E-state index in [0.29, 0.717) is 17.4 Å². The van der Waals surface area contributed by atoms with E-state index in [1.54, 1.807) is 29.0 Å². The van der Waals surface area contributed by atoms with Crippen molar-refractivity contribution in [2.24, 2.45) is 0 Å². The predicted octanol–water partition coefficient (Wildman–Crippen LogP) is 3.23. The number of nitrogens with zero attached hydrogens (tertiary/aromatic N) is 4. The summed E-state index contributed by atoms with van der Waals surface area (Å²) in [4.78, 5) is 17.9. The molecule has 1 amide bonds. The molecule has 27 heavy (non-hydrogen) atoms. The highest BCUT2D eigenvalue weighted by Crippen LogP contribution is 2.31. The molecule has 0 aliphatic carbocycles. The van der Waals surface area contributed by atoms with Gasteiger partial charge in [0.15, 0.2) is 10.8 Å². The first kappa shape index (κ1) is 17.8. The second kappa shape index (κ2) is 6.84. The number of anilines is 1. The maximum atomic E-state index is 11.4. The molecule has 0 unspecified atom stereocenters. The molecule has 7 nitrogen and oxygen atoms in total. The van der Waals surface area contributed by atoms with Gasteiger partial charge in [0.2, 0.25) is 5.91 Å². The highest BCUT2D eigenvalue weighted by molar-refractivity contribution is 7.22. The van der Waals surface area contributed by atoms with Gasteiger partial charge < -0.3 is 15.3 Å². The Bertz CT molecular complexity index is 946. The number of hydrogen-bond donors (Lipinski definition) is 2.